The molecule has 0 heterocycles. The lowest BCUT2D eigenvalue weighted by Gasteiger charge is -2.01. The van der Waals surface area contributed by atoms with Gasteiger partial charge in [-0.15, -0.1) is 4.20 Å². The quantitative estimate of drug-likeness (QED) is 0.563. The van der Waals surface area contributed by atoms with Gasteiger partial charge < -0.3 is 0 Å². The molecule has 0 spiro atoms. The molecule has 0 bridgehead atoms. The van der Waals surface area contributed by atoms with Crippen LogP contribution in [0.15, 0.2) is 0 Å². The van der Waals surface area contributed by atoms with Crippen LogP contribution in [-0.4, -0.2) is 13.7 Å². The van der Waals surface area contributed by atoms with Gasteiger partial charge in [0.25, 0.3) is 0 Å². The zero-order valence-corrected chi connectivity index (χ0v) is 5.65. The number of rotatable bonds is 3. The van der Waals surface area contributed by atoms with Crippen molar-refractivity contribution >= 4 is 7.91 Å². The largest absolute Gasteiger partial charge is 0.512 e. The maximum absolute atomic E-state index is 11.9. The van der Waals surface area contributed by atoms with Crippen molar-refractivity contribution in [3.8, 4) is 0 Å². The lowest BCUT2D eigenvalue weighted by atomic mass is 10.9. The minimum Gasteiger partial charge on any atom is -0.287 e. The molecule has 0 N–H and O–H groups in total. The lowest BCUT2D eigenvalue weighted by molar-refractivity contribution is 0.210. The number of hydrogen-bond donors (Lipinski definition) is 0. The summed E-state index contributed by atoms with van der Waals surface area (Å²) in [5.41, 5.74) is 0. The molecule has 0 aliphatic heterocycles. The molecule has 5 heteroatoms. The van der Waals surface area contributed by atoms with Gasteiger partial charge in [0.1, 0.15) is 0 Å². The van der Waals surface area contributed by atoms with Crippen molar-refractivity contribution in [1.29, 1.82) is 0 Å². The molecule has 1 atom stereocenters. The molecular formula is C3H8FO3P. The topological polar surface area (TPSA) is 35.5 Å². The SMILES string of the molecule is CCOP(=O)(F)OC. The molecule has 0 amide bonds. The molecule has 0 saturated heterocycles. The average molecular weight is 142 g/mol. The monoisotopic (exact) mass is 142 g/mol. The highest BCUT2D eigenvalue weighted by Crippen LogP contribution is 2.48. The molecule has 0 aromatic carbocycles. The first-order chi connectivity index (χ1) is 3.62. The Morgan fingerprint density at radius 2 is 2.25 bits per heavy atom. The van der Waals surface area contributed by atoms with Crippen molar-refractivity contribution in [3.05, 3.63) is 0 Å². The van der Waals surface area contributed by atoms with Crippen LogP contribution in [0.4, 0.5) is 4.20 Å². The van der Waals surface area contributed by atoms with Crippen molar-refractivity contribution in [3.63, 3.8) is 0 Å². The summed E-state index contributed by atoms with van der Waals surface area (Å²) in [6.45, 7) is 1.59. The Hall–Kier alpha value is 0.0800. The molecule has 0 rings (SSSR count). The average Bonchev–Trinajstić information content (AvgIpc) is 1.67. The van der Waals surface area contributed by atoms with E-state index in [9.17, 15) is 8.76 Å². The first kappa shape index (κ1) is 8.08. The highest BCUT2D eigenvalue weighted by Gasteiger charge is 2.19. The van der Waals surface area contributed by atoms with Crippen LogP contribution < -0.4 is 0 Å². The summed E-state index contributed by atoms with van der Waals surface area (Å²) in [6.07, 6.45) is 0. The van der Waals surface area contributed by atoms with Crippen molar-refractivity contribution in [2.45, 2.75) is 6.92 Å². The standard InChI is InChI=1S/C3H8FO3P/c1-3-7-8(4,5)6-2/h3H2,1-2H3. The molecule has 0 radical (unpaired) electrons. The van der Waals surface area contributed by atoms with E-state index in [1.54, 1.807) is 0 Å². The van der Waals surface area contributed by atoms with E-state index in [0.29, 0.717) is 0 Å². The molecule has 0 aromatic heterocycles. The predicted molar refractivity (Wildman–Crippen MR) is 27.3 cm³/mol. The summed E-state index contributed by atoms with van der Waals surface area (Å²) >= 11 is 0. The van der Waals surface area contributed by atoms with Crippen LogP contribution in [0.25, 0.3) is 0 Å². The van der Waals surface area contributed by atoms with Crippen LogP contribution in [0.5, 0.6) is 0 Å². The van der Waals surface area contributed by atoms with E-state index in [1.165, 1.54) is 6.92 Å². The van der Waals surface area contributed by atoms with E-state index in [1.807, 2.05) is 0 Å². The van der Waals surface area contributed by atoms with E-state index in [0.717, 1.165) is 7.11 Å². The number of halogens is 1. The first-order valence-corrected chi connectivity index (χ1v) is 3.55. The van der Waals surface area contributed by atoms with E-state index in [2.05, 4.69) is 9.05 Å². The fraction of sp³-hybridized carbons (Fsp3) is 1.00. The normalized spacial score (nSPS) is 17.9. The minimum atomic E-state index is -4.17. The Labute approximate surface area is 47.4 Å². The lowest BCUT2D eigenvalue weighted by Crippen LogP contribution is -1.84. The summed E-state index contributed by atoms with van der Waals surface area (Å²) in [7, 11) is -3.18. The van der Waals surface area contributed by atoms with Crippen molar-refractivity contribution in [2.75, 3.05) is 13.7 Å². The van der Waals surface area contributed by atoms with Crippen LogP contribution in [0.2, 0.25) is 0 Å². The first-order valence-electron chi connectivity index (χ1n) is 2.12. The highest BCUT2D eigenvalue weighted by atomic mass is 31.2. The van der Waals surface area contributed by atoms with E-state index in [4.69, 9.17) is 0 Å². The fourth-order valence-corrected chi connectivity index (χ4v) is 0.621. The van der Waals surface area contributed by atoms with Gasteiger partial charge in [-0.1, -0.05) is 0 Å². The van der Waals surface area contributed by atoms with Crippen LogP contribution >= 0.6 is 7.91 Å². The predicted octanol–water partition coefficient (Wildman–Crippen LogP) is 1.75. The molecule has 3 nitrogen and oxygen atoms in total. The molecule has 0 fully saturated rings. The van der Waals surface area contributed by atoms with Crippen LogP contribution in [0.3, 0.4) is 0 Å². The molecule has 8 heavy (non-hydrogen) atoms. The van der Waals surface area contributed by atoms with Crippen molar-refractivity contribution in [2.24, 2.45) is 0 Å². The summed E-state index contributed by atoms with van der Waals surface area (Å²) in [4.78, 5) is 0. The van der Waals surface area contributed by atoms with Gasteiger partial charge >= 0.3 is 7.91 Å². The Balaban J connectivity index is 3.55. The van der Waals surface area contributed by atoms with Gasteiger partial charge in [0.2, 0.25) is 0 Å². The van der Waals surface area contributed by atoms with Gasteiger partial charge in [-0.2, -0.15) is 0 Å². The maximum Gasteiger partial charge on any atom is 0.512 e. The summed E-state index contributed by atoms with van der Waals surface area (Å²) < 4.78 is 29.9. The summed E-state index contributed by atoms with van der Waals surface area (Å²) in [5.74, 6) is 0. The Kier molecular flexibility index (Phi) is 3.21. The van der Waals surface area contributed by atoms with Gasteiger partial charge in [-0.05, 0) is 6.92 Å². The van der Waals surface area contributed by atoms with Crippen molar-refractivity contribution < 1.29 is 17.8 Å². The maximum atomic E-state index is 11.9. The van der Waals surface area contributed by atoms with Crippen LogP contribution in [0, 0.1) is 0 Å². The summed E-state index contributed by atoms with van der Waals surface area (Å²) in [5, 5.41) is 0. The van der Waals surface area contributed by atoms with Gasteiger partial charge in [-0.25, -0.2) is 4.57 Å². The second-order valence-corrected chi connectivity index (χ2v) is 2.52. The van der Waals surface area contributed by atoms with Crippen LogP contribution in [-0.2, 0) is 13.6 Å². The molecule has 1 unspecified atom stereocenters. The van der Waals surface area contributed by atoms with Gasteiger partial charge in [0, 0.05) is 7.11 Å². The highest BCUT2D eigenvalue weighted by molar-refractivity contribution is 7.48. The second kappa shape index (κ2) is 3.17. The zero-order chi connectivity index (χ0) is 6.62. The van der Waals surface area contributed by atoms with Gasteiger partial charge in [-0.3, -0.25) is 9.05 Å². The Bertz CT molecular complexity index is 105. The van der Waals surface area contributed by atoms with Crippen LogP contribution in [0.1, 0.15) is 6.92 Å². The molecular weight excluding hydrogens is 134 g/mol. The summed E-state index contributed by atoms with van der Waals surface area (Å²) in [6, 6.07) is 0. The van der Waals surface area contributed by atoms with Gasteiger partial charge in [0.05, 0.1) is 6.61 Å². The minimum absolute atomic E-state index is 0.0572. The number of hydrogen-bond acceptors (Lipinski definition) is 3. The van der Waals surface area contributed by atoms with Gasteiger partial charge in [0.15, 0.2) is 0 Å². The second-order valence-electron chi connectivity index (χ2n) is 1.03. The Morgan fingerprint density at radius 3 is 2.38 bits per heavy atom. The van der Waals surface area contributed by atoms with E-state index in [-0.39, 0.29) is 6.61 Å². The molecule has 0 aromatic rings. The Morgan fingerprint density at radius 1 is 1.75 bits per heavy atom. The molecule has 50 valence electrons. The molecule has 0 aliphatic carbocycles. The molecule has 0 aliphatic rings. The smallest absolute Gasteiger partial charge is 0.287 e. The third kappa shape index (κ3) is 3.13. The van der Waals surface area contributed by atoms with E-state index >= 15 is 0 Å². The third-order valence-electron chi connectivity index (χ3n) is 0.501. The molecule has 0 saturated carbocycles. The fourth-order valence-electron chi connectivity index (χ4n) is 0.207. The third-order valence-corrected chi connectivity index (χ3v) is 1.50. The van der Waals surface area contributed by atoms with Crippen molar-refractivity contribution in [1.82, 2.24) is 0 Å². The van der Waals surface area contributed by atoms with E-state index < -0.39 is 7.91 Å². The zero-order valence-electron chi connectivity index (χ0n) is 4.76.